The van der Waals surface area contributed by atoms with Crippen molar-refractivity contribution < 1.29 is 9.53 Å². The summed E-state index contributed by atoms with van der Waals surface area (Å²) < 4.78 is 5.52. The van der Waals surface area contributed by atoms with Crippen LogP contribution in [0.2, 0.25) is 0 Å². The summed E-state index contributed by atoms with van der Waals surface area (Å²) in [5, 5.41) is 4.53. The van der Waals surface area contributed by atoms with Crippen molar-refractivity contribution in [3.05, 3.63) is 54.2 Å². The van der Waals surface area contributed by atoms with Gasteiger partial charge in [0.2, 0.25) is 0 Å². The quantitative estimate of drug-likeness (QED) is 0.453. The number of aromatic nitrogens is 1. The Bertz CT molecular complexity index is 660. The van der Waals surface area contributed by atoms with Crippen LogP contribution in [-0.2, 0) is 4.79 Å². The highest BCUT2D eigenvalue weighted by molar-refractivity contribution is 8.00. The molecule has 0 spiro atoms. The Labute approximate surface area is 146 Å². The van der Waals surface area contributed by atoms with Crippen molar-refractivity contribution in [2.24, 2.45) is 5.10 Å². The fraction of sp³-hybridized carbons (Fsp3) is 0.278. The van der Waals surface area contributed by atoms with Crippen molar-refractivity contribution in [1.29, 1.82) is 0 Å². The summed E-state index contributed by atoms with van der Waals surface area (Å²) >= 11 is 1.39. The molecule has 0 saturated carbocycles. The smallest absolute Gasteiger partial charge is 0.253 e. The molecule has 0 aliphatic heterocycles. The van der Waals surface area contributed by atoms with Gasteiger partial charge in [0, 0.05) is 6.20 Å². The van der Waals surface area contributed by atoms with Gasteiger partial charge in [0.1, 0.15) is 5.75 Å². The number of nitrogens with one attached hydrogen (secondary N) is 1. The van der Waals surface area contributed by atoms with E-state index in [-0.39, 0.29) is 11.2 Å². The van der Waals surface area contributed by atoms with Gasteiger partial charge < -0.3 is 4.74 Å². The number of pyridine rings is 1. The Morgan fingerprint density at radius 1 is 1.33 bits per heavy atom. The van der Waals surface area contributed by atoms with E-state index in [0.717, 1.165) is 22.8 Å². The maximum absolute atomic E-state index is 12.0. The lowest BCUT2D eigenvalue weighted by Crippen LogP contribution is -2.26. The van der Waals surface area contributed by atoms with Crippen LogP contribution in [0, 0.1) is 0 Å². The normalized spacial score (nSPS) is 12.1. The van der Waals surface area contributed by atoms with Gasteiger partial charge in [0.15, 0.2) is 0 Å². The van der Waals surface area contributed by atoms with E-state index in [2.05, 4.69) is 22.4 Å². The van der Waals surface area contributed by atoms with Crippen molar-refractivity contribution >= 4 is 23.9 Å². The van der Waals surface area contributed by atoms with Gasteiger partial charge in [-0.05, 0) is 55.3 Å². The van der Waals surface area contributed by atoms with Crippen LogP contribution in [0.25, 0.3) is 0 Å². The summed E-state index contributed by atoms with van der Waals surface area (Å²) in [7, 11) is 0. The second kappa shape index (κ2) is 9.72. The van der Waals surface area contributed by atoms with Crippen LogP contribution in [0.5, 0.6) is 5.75 Å². The van der Waals surface area contributed by atoms with Crippen LogP contribution in [0.1, 0.15) is 25.8 Å². The zero-order chi connectivity index (χ0) is 17.2. The van der Waals surface area contributed by atoms with Crippen LogP contribution < -0.4 is 10.2 Å². The number of hydrogen-bond acceptors (Lipinski definition) is 5. The molecule has 0 bridgehead atoms. The number of hydrazone groups is 1. The molecule has 2 rings (SSSR count). The molecular weight excluding hydrogens is 322 g/mol. The molecule has 1 unspecified atom stereocenters. The molecule has 1 atom stereocenters. The van der Waals surface area contributed by atoms with Crippen molar-refractivity contribution in [2.45, 2.75) is 30.5 Å². The Hall–Kier alpha value is -2.34. The first-order valence-electron chi connectivity index (χ1n) is 7.82. The van der Waals surface area contributed by atoms with Crippen molar-refractivity contribution in [3.8, 4) is 5.75 Å². The minimum atomic E-state index is -0.276. The van der Waals surface area contributed by atoms with Crippen LogP contribution >= 0.6 is 11.8 Å². The third kappa shape index (κ3) is 6.04. The third-order valence-corrected chi connectivity index (χ3v) is 4.10. The fourth-order valence-electron chi connectivity index (χ4n) is 1.78. The molecular formula is C18H21N3O2S. The molecule has 126 valence electrons. The van der Waals surface area contributed by atoms with E-state index in [4.69, 9.17) is 4.74 Å². The zero-order valence-electron chi connectivity index (χ0n) is 13.8. The van der Waals surface area contributed by atoms with E-state index < -0.39 is 0 Å². The van der Waals surface area contributed by atoms with Gasteiger partial charge in [-0.1, -0.05) is 24.8 Å². The molecule has 5 nitrogen and oxygen atoms in total. The monoisotopic (exact) mass is 343 g/mol. The Balaban J connectivity index is 1.81. The van der Waals surface area contributed by atoms with Crippen LogP contribution in [0.4, 0.5) is 0 Å². The molecule has 0 saturated heterocycles. The molecule has 1 amide bonds. The summed E-state index contributed by atoms with van der Waals surface area (Å²) in [5.41, 5.74) is 3.44. The molecule has 0 aliphatic carbocycles. The number of rotatable bonds is 8. The first kappa shape index (κ1) is 18.0. The Kier molecular flexibility index (Phi) is 7.29. The highest BCUT2D eigenvalue weighted by Crippen LogP contribution is 2.20. The van der Waals surface area contributed by atoms with Gasteiger partial charge in [-0.15, -0.1) is 0 Å². The minimum absolute atomic E-state index is 0.162. The molecule has 0 aliphatic rings. The molecule has 2 aromatic rings. The third-order valence-electron chi connectivity index (χ3n) is 3.05. The van der Waals surface area contributed by atoms with Gasteiger partial charge in [-0.3, -0.25) is 4.79 Å². The van der Waals surface area contributed by atoms with Crippen LogP contribution in [-0.4, -0.2) is 29.0 Å². The van der Waals surface area contributed by atoms with Gasteiger partial charge >= 0.3 is 0 Å². The van der Waals surface area contributed by atoms with E-state index in [1.165, 1.54) is 11.8 Å². The maximum atomic E-state index is 12.0. The second-order valence-electron chi connectivity index (χ2n) is 5.08. The van der Waals surface area contributed by atoms with E-state index >= 15 is 0 Å². The second-order valence-corrected chi connectivity index (χ2v) is 6.44. The van der Waals surface area contributed by atoms with E-state index in [9.17, 15) is 4.79 Å². The predicted molar refractivity (Wildman–Crippen MR) is 97.5 cm³/mol. The summed E-state index contributed by atoms with van der Waals surface area (Å²) in [5.74, 6) is 0.670. The number of carbonyl (C=O) groups is 1. The average Bonchev–Trinajstić information content (AvgIpc) is 2.61. The summed E-state index contributed by atoms with van der Waals surface area (Å²) in [6.07, 6.45) is 4.29. The zero-order valence-corrected chi connectivity index (χ0v) is 14.6. The highest BCUT2D eigenvalue weighted by Gasteiger charge is 2.13. The van der Waals surface area contributed by atoms with Gasteiger partial charge in [0.05, 0.1) is 23.1 Å². The fourth-order valence-corrected chi connectivity index (χ4v) is 2.58. The number of ether oxygens (including phenoxy) is 1. The molecule has 0 fully saturated rings. The average molecular weight is 343 g/mol. The number of benzene rings is 1. The van der Waals surface area contributed by atoms with Crippen molar-refractivity contribution in [3.63, 3.8) is 0 Å². The van der Waals surface area contributed by atoms with Crippen LogP contribution in [0.3, 0.4) is 0 Å². The maximum Gasteiger partial charge on any atom is 0.253 e. The lowest BCUT2D eigenvalue weighted by molar-refractivity contribution is -0.120. The molecule has 1 aromatic heterocycles. The number of amides is 1. The lowest BCUT2D eigenvalue weighted by atomic mass is 10.2. The number of hydrogen-bond donors (Lipinski definition) is 1. The van der Waals surface area contributed by atoms with Crippen molar-refractivity contribution in [1.82, 2.24) is 10.4 Å². The Morgan fingerprint density at radius 3 is 2.79 bits per heavy atom. The van der Waals surface area contributed by atoms with Gasteiger partial charge in [-0.25, -0.2) is 10.4 Å². The minimum Gasteiger partial charge on any atom is -0.494 e. The summed E-state index contributed by atoms with van der Waals surface area (Å²) in [6.45, 7) is 4.59. The van der Waals surface area contributed by atoms with E-state index in [0.29, 0.717) is 6.61 Å². The molecule has 6 heteroatoms. The van der Waals surface area contributed by atoms with Gasteiger partial charge in [-0.2, -0.15) is 5.10 Å². The topological polar surface area (TPSA) is 63.6 Å². The molecule has 1 aromatic carbocycles. The highest BCUT2D eigenvalue weighted by atomic mass is 32.2. The lowest BCUT2D eigenvalue weighted by Gasteiger charge is -2.08. The Morgan fingerprint density at radius 2 is 2.12 bits per heavy atom. The van der Waals surface area contributed by atoms with Crippen molar-refractivity contribution in [2.75, 3.05) is 6.61 Å². The molecule has 0 radical (unpaired) electrons. The van der Waals surface area contributed by atoms with Crippen LogP contribution in [0.15, 0.2) is 58.8 Å². The van der Waals surface area contributed by atoms with Gasteiger partial charge in [0.25, 0.3) is 5.91 Å². The van der Waals surface area contributed by atoms with E-state index in [1.807, 2.05) is 49.4 Å². The molecule has 1 N–H and O–H groups in total. The standard InChI is InChI=1S/C18H21N3O2S/c1-3-12-23-16-9-7-15(8-10-16)13-20-21-18(22)14(2)24-17-6-4-5-11-19-17/h4-11,13-14H,3,12H2,1-2H3,(H,21,22)/b20-13+. The summed E-state index contributed by atoms with van der Waals surface area (Å²) in [6, 6.07) is 13.2. The SMILES string of the molecule is CCCOc1ccc(/C=N/NC(=O)C(C)Sc2ccccn2)cc1. The first-order chi connectivity index (χ1) is 11.7. The van der Waals surface area contributed by atoms with E-state index in [1.54, 1.807) is 12.4 Å². The molecule has 24 heavy (non-hydrogen) atoms. The predicted octanol–water partition coefficient (Wildman–Crippen LogP) is 3.50. The number of nitrogens with zero attached hydrogens (tertiary/aromatic N) is 2. The first-order valence-corrected chi connectivity index (χ1v) is 8.70. The number of thioether (sulfide) groups is 1. The number of carbonyl (C=O) groups excluding carboxylic acids is 1. The summed E-state index contributed by atoms with van der Waals surface area (Å²) in [4.78, 5) is 16.2. The molecule has 1 heterocycles. The largest absolute Gasteiger partial charge is 0.494 e.